The zero-order valence-corrected chi connectivity index (χ0v) is 14.6. The second-order valence-corrected chi connectivity index (χ2v) is 6.20. The van der Waals surface area contributed by atoms with Crippen LogP contribution in [0.2, 0.25) is 0 Å². The van der Waals surface area contributed by atoms with Crippen LogP contribution in [0, 0.1) is 5.92 Å². The zero-order chi connectivity index (χ0) is 17.6. The number of pyridine rings is 1. The van der Waals surface area contributed by atoms with Gasteiger partial charge in [0.15, 0.2) is 0 Å². The highest BCUT2D eigenvalue weighted by molar-refractivity contribution is 5.98. The Morgan fingerprint density at radius 3 is 2.50 bits per heavy atom. The third-order valence-electron chi connectivity index (χ3n) is 4.76. The number of carbonyl (C=O) groups excluding carboxylic acids is 2. The summed E-state index contributed by atoms with van der Waals surface area (Å²) in [5.41, 5.74) is -0.532. The molecule has 1 saturated carbocycles. The Hall–Kier alpha value is -2.11. The van der Waals surface area contributed by atoms with Crippen LogP contribution >= 0.6 is 0 Å². The summed E-state index contributed by atoms with van der Waals surface area (Å²) in [6.45, 7) is 4.54. The molecule has 1 fully saturated rings. The molecular formula is C18H26N2O4. The molecule has 0 atom stereocenters. The van der Waals surface area contributed by atoms with Crippen molar-refractivity contribution in [3.63, 3.8) is 0 Å². The Morgan fingerprint density at radius 2 is 2.00 bits per heavy atom. The number of rotatable bonds is 6. The average molecular weight is 334 g/mol. The van der Waals surface area contributed by atoms with Crippen LogP contribution in [-0.4, -0.2) is 36.1 Å². The number of amides is 1. The number of esters is 1. The molecule has 0 bridgehead atoms. The van der Waals surface area contributed by atoms with Crippen molar-refractivity contribution in [2.45, 2.75) is 51.5 Å². The van der Waals surface area contributed by atoms with Gasteiger partial charge < -0.3 is 14.8 Å². The zero-order valence-electron chi connectivity index (χ0n) is 14.6. The number of nitrogens with one attached hydrogen (secondary N) is 1. The van der Waals surface area contributed by atoms with Crippen LogP contribution in [-0.2, 0) is 9.53 Å². The van der Waals surface area contributed by atoms with Crippen molar-refractivity contribution in [3.8, 4) is 5.88 Å². The first-order valence-corrected chi connectivity index (χ1v) is 8.54. The highest BCUT2D eigenvalue weighted by atomic mass is 16.5. The van der Waals surface area contributed by atoms with E-state index in [1.54, 1.807) is 12.1 Å². The minimum atomic E-state index is -0.934. The topological polar surface area (TPSA) is 77.5 Å². The summed E-state index contributed by atoms with van der Waals surface area (Å²) in [6, 6.07) is 3.30. The lowest BCUT2D eigenvalue weighted by Crippen LogP contribution is -2.56. The van der Waals surface area contributed by atoms with E-state index in [2.05, 4.69) is 17.2 Å². The Kier molecular flexibility index (Phi) is 6.17. The number of methoxy groups -OCH3 is 1. The third kappa shape index (κ3) is 4.04. The molecule has 0 aliphatic heterocycles. The molecule has 0 aromatic carbocycles. The summed E-state index contributed by atoms with van der Waals surface area (Å²) in [7, 11) is 1.36. The standard InChI is InChI=1S/C18H26N2O4/c1-4-13-8-10-18(11-9-13,17(22)23-3)20-16(21)14-6-7-15(19-12-14)24-5-2/h6-7,12-13H,4-5,8-11H2,1-3H3,(H,20,21). The number of aromatic nitrogens is 1. The van der Waals surface area contributed by atoms with Gasteiger partial charge in [-0.3, -0.25) is 4.79 Å². The molecule has 1 aliphatic rings. The van der Waals surface area contributed by atoms with Gasteiger partial charge in [-0.15, -0.1) is 0 Å². The number of nitrogens with zero attached hydrogens (tertiary/aromatic N) is 1. The largest absolute Gasteiger partial charge is 0.478 e. The quantitative estimate of drug-likeness (QED) is 0.809. The van der Waals surface area contributed by atoms with Gasteiger partial charge in [0, 0.05) is 12.3 Å². The molecule has 6 nitrogen and oxygen atoms in total. The first-order valence-electron chi connectivity index (χ1n) is 8.54. The molecule has 1 aliphatic carbocycles. The van der Waals surface area contributed by atoms with Crippen molar-refractivity contribution in [3.05, 3.63) is 23.9 Å². The van der Waals surface area contributed by atoms with Crippen LogP contribution in [0.4, 0.5) is 0 Å². The van der Waals surface area contributed by atoms with Gasteiger partial charge >= 0.3 is 5.97 Å². The van der Waals surface area contributed by atoms with Crippen molar-refractivity contribution in [1.29, 1.82) is 0 Å². The second-order valence-electron chi connectivity index (χ2n) is 6.20. The molecule has 6 heteroatoms. The fraction of sp³-hybridized carbons (Fsp3) is 0.611. The van der Waals surface area contributed by atoms with E-state index < -0.39 is 5.54 Å². The summed E-state index contributed by atoms with van der Waals surface area (Å²) < 4.78 is 10.2. The predicted octanol–water partition coefficient (Wildman–Crippen LogP) is 2.72. The summed E-state index contributed by atoms with van der Waals surface area (Å²) >= 11 is 0. The van der Waals surface area contributed by atoms with Gasteiger partial charge in [-0.2, -0.15) is 0 Å². The fourth-order valence-electron chi connectivity index (χ4n) is 3.19. The van der Waals surface area contributed by atoms with Gasteiger partial charge in [-0.05, 0) is 44.6 Å². The molecular weight excluding hydrogens is 308 g/mol. The highest BCUT2D eigenvalue weighted by Gasteiger charge is 2.44. The van der Waals surface area contributed by atoms with Crippen LogP contribution < -0.4 is 10.1 Å². The molecule has 132 valence electrons. The first-order chi connectivity index (χ1) is 11.5. The number of hydrogen-bond acceptors (Lipinski definition) is 5. The van der Waals surface area contributed by atoms with Crippen molar-refractivity contribution in [2.75, 3.05) is 13.7 Å². The summed E-state index contributed by atoms with van der Waals surface area (Å²) in [4.78, 5) is 29.0. The first kappa shape index (κ1) is 18.2. The lowest BCUT2D eigenvalue weighted by Gasteiger charge is -2.38. The molecule has 1 N–H and O–H groups in total. The Bertz CT molecular complexity index is 563. The van der Waals surface area contributed by atoms with Gasteiger partial charge in [0.25, 0.3) is 5.91 Å². The molecule has 1 heterocycles. The Balaban J connectivity index is 2.11. The maximum atomic E-state index is 12.6. The smallest absolute Gasteiger partial charge is 0.331 e. The molecule has 1 aromatic heterocycles. The molecule has 0 radical (unpaired) electrons. The monoisotopic (exact) mass is 334 g/mol. The predicted molar refractivity (Wildman–Crippen MR) is 89.9 cm³/mol. The van der Waals surface area contributed by atoms with Crippen LogP contribution in [0.1, 0.15) is 56.3 Å². The van der Waals surface area contributed by atoms with E-state index in [0.29, 0.717) is 36.8 Å². The molecule has 1 amide bonds. The third-order valence-corrected chi connectivity index (χ3v) is 4.76. The van der Waals surface area contributed by atoms with Crippen LogP contribution in [0.15, 0.2) is 18.3 Å². The normalized spacial score (nSPS) is 23.4. The van der Waals surface area contributed by atoms with E-state index in [0.717, 1.165) is 19.3 Å². The highest BCUT2D eigenvalue weighted by Crippen LogP contribution is 2.34. The van der Waals surface area contributed by atoms with Crippen molar-refractivity contribution < 1.29 is 19.1 Å². The van der Waals surface area contributed by atoms with E-state index >= 15 is 0 Å². The molecule has 2 rings (SSSR count). The van der Waals surface area contributed by atoms with E-state index in [1.807, 2.05) is 6.92 Å². The van der Waals surface area contributed by atoms with E-state index in [9.17, 15) is 9.59 Å². The van der Waals surface area contributed by atoms with Crippen LogP contribution in [0.5, 0.6) is 5.88 Å². The summed E-state index contributed by atoms with van der Waals surface area (Å²) in [5.74, 6) is 0.391. The van der Waals surface area contributed by atoms with Crippen molar-refractivity contribution in [1.82, 2.24) is 10.3 Å². The van der Waals surface area contributed by atoms with E-state index in [-0.39, 0.29) is 11.9 Å². The average Bonchev–Trinajstić information content (AvgIpc) is 2.62. The van der Waals surface area contributed by atoms with Crippen LogP contribution in [0.25, 0.3) is 0 Å². The molecule has 24 heavy (non-hydrogen) atoms. The lowest BCUT2D eigenvalue weighted by atomic mass is 9.75. The number of carbonyl (C=O) groups is 2. The van der Waals surface area contributed by atoms with Crippen LogP contribution in [0.3, 0.4) is 0 Å². The Morgan fingerprint density at radius 1 is 1.29 bits per heavy atom. The summed E-state index contributed by atoms with van der Waals surface area (Å²) in [5, 5.41) is 2.90. The van der Waals surface area contributed by atoms with Crippen molar-refractivity contribution >= 4 is 11.9 Å². The van der Waals surface area contributed by atoms with Gasteiger partial charge in [0.2, 0.25) is 5.88 Å². The minimum absolute atomic E-state index is 0.314. The number of ether oxygens (including phenoxy) is 2. The maximum absolute atomic E-state index is 12.6. The molecule has 0 spiro atoms. The Labute approximate surface area is 142 Å². The second kappa shape index (κ2) is 8.13. The fourth-order valence-corrected chi connectivity index (χ4v) is 3.19. The van der Waals surface area contributed by atoms with E-state index in [1.165, 1.54) is 13.3 Å². The molecule has 0 unspecified atom stereocenters. The minimum Gasteiger partial charge on any atom is -0.478 e. The molecule has 1 aromatic rings. The van der Waals surface area contributed by atoms with Gasteiger partial charge in [0.05, 0.1) is 19.3 Å². The lowest BCUT2D eigenvalue weighted by molar-refractivity contribution is -0.150. The number of hydrogen-bond donors (Lipinski definition) is 1. The van der Waals surface area contributed by atoms with Crippen molar-refractivity contribution in [2.24, 2.45) is 5.92 Å². The SMILES string of the molecule is CCOc1ccc(C(=O)NC2(C(=O)OC)CCC(CC)CC2)cn1. The summed E-state index contributed by atoms with van der Waals surface area (Å²) in [6.07, 6.45) is 5.58. The maximum Gasteiger partial charge on any atom is 0.331 e. The van der Waals surface area contributed by atoms with Gasteiger partial charge in [0.1, 0.15) is 5.54 Å². The molecule has 0 saturated heterocycles. The van der Waals surface area contributed by atoms with E-state index in [4.69, 9.17) is 9.47 Å². The van der Waals surface area contributed by atoms with Gasteiger partial charge in [-0.25, -0.2) is 9.78 Å². The van der Waals surface area contributed by atoms with Gasteiger partial charge in [-0.1, -0.05) is 13.3 Å².